The predicted molar refractivity (Wildman–Crippen MR) is 87.7 cm³/mol. The number of methoxy groups -OCH3 is 1. The number of para-hydroxylation sites is 1. The molecule has 3 rings (SSSR count). The topological polar surface area (TPSA) is 53.1 Å². The number of aromatic nitrogens is 2. The lowest BCUT2D eigenvalue weighted by Crippen LogP contribution is -2.01. The van der Waals surface area contributed by atoms with Gasteiger partial charge in [-0.2, -0.15) is 5.10 Å². The largest absolute Gasteiger partial charge is 0.496 e. The third-order valence-electron chi connectivity index (χ3n) is 3.17. The molecule has 1 aromatic heterocycles. The van der Waals surface area contributed by atoms with Crippen LogP contribution in [0.5, 0.6) is 5.75 Å². The molecule has 0 amide bonds. The van der Waals surface area contributed by atoms with E-state index in [1.54, 1.807) is 11.8 Å². The van der Waals surface area contributed by atoms with Crippen LogP contribution < -0.4 is 10.5 Å². The van der Waals surface area contributed by atoms with Crippen molar-refractivity contribution < 1.29 is 4.74 Å². The fourth-order valence-corrected chi connectivity index (χ4v) is 2.59. The molecule has 0 fully saturated rings. The number of halogens is 1. The zero-order chi connectivity index (χ0) is 14.8. The summed E-state index contributed by atoms with van der Waals surface area (Å²) in [5.74, 6) is 1.35. The Balaban J connectivity index is 2.10. The van der Waals surface area contributed by atoms with Gasteiger partial charge in [0.2, 0.25) is 0 Å². The summed E-state index contributed by atoms with van der Waals surface area (Å²) < 4.78 is 8.07. The Bertz CT molecular complexity index is 783. The molecule has 2 N–H and O–H groups in total. The summed E-state index contributed by atoms with van der Waals surface area (Å²) in [5, 5.41) is 4.59. The predicted octanol–water partition coefficient (Wildman–Crippen LogP) is 3.89. The van der Waals surface area contributed by atoms with Crippen LogP contribution in [0.3, 0.4) is 0 Å². The van der Waals surface area contributed by atoms with E-state index in [4.69, 9.17) is 10.5 Å². The average Bonchev–Trinajstić information content (AvgIpc) is 2.89. The van der Waals surface area contributed by atoms with E-state index < -0.39 is 0 Å². The fraction of sp³-hybridized carbons (Fsp3) is 0.0625. The van der Waals surface area contributed by atoms with E-state index in [1.165, 1.54) is 0 Å². The summed E-state index contributed by atoms with van der Waals surface area (Å²) in [6, 6.07) is 17.4. The van der Waals surface area contributed by atoms with Crippen LogP contribution in [-0.2, 0) is 0 Å². The van der Waals surface area contributed by atoms with E-state index >= 15 is 0 Å². The second-order valence-corrected chi connectivity index (χ2v) is 5.46. The van der Waals surface area contributed by atoms with Crippen LogP contribution in [0.4, 0.5) is 5.82 Å². The van der Waals surface area contributed by atoms with Crippen molar-refractivity contribution in [2.45, 2.75) is 0 Å². The van der Waals surface area contributed by atoms with Gasteiger partial charge in [-0.25, -0.2) is 4.68 Å². The number of anilines is 1. The van der Waals surface area contributed by atoms with E-state index in [9.17, 15) is 0 Å². The molecule has 2 aromatic carbocycles. The lowest BCUT2D eigenvalue weighted by atomic mass is 10.1. The van der Waals surface area contributed by atoms with Crippen LogP contribution in [0.1, 0.15) is 0 Å². The molecule has 0 saturated heterocycles. The quantitative estimate of drug-likeness (QED) is 0.784. The number of rotatable bonds is 3. The molecule has 0 spiro atoms. The van der Waals surface area contributed by atoms with E-state index in [0.29, 0.717) is 5.82 Å². The zero-order valence-electron chi connectivity index (χ0n) is 11.5. The summed E-state index contributed by atoms with van der Waals surface area (Å²) in [7, 11) is 1.65. The molecule has 4 nitrogen and oxygen atoms in total. The maximum Gasteiger partial charge on any atom is 0.128 e. The molecule has 0 aliphatic carbocycles. The van der Waals surface area contributed by atoms with Crippen LogP contribution in [0.15, 0.2) is 59.1 Å². The van der Waals surface area contributed by atoms with Gasteiger partial charge in [0.15, 0.2) is 0 Å². The summed E-state index contributed by atoms with van der Waals surface area (Å²) >= 11 is 3.46. The summed E-state index contributed by atoms with van der Waals surface area (Å²) in [4.78, 5) is 0. The van der Waals surface area contributed by atoms with Crippen molar-refractivity contribution in [2.75, 3.05) is 12.8 Å². The monoisotopic (exact) mass is 343 g/mol. The number of hydrogen-bond acceptors (Lipinski definition) is 3. The van der Waals surface area contributed by atoms with Crippen LogP contribution in [-0.4, -0.2) is 16.9 Å². The molecule has 0 aliphatic rings. The summed E-state index contributed by atoms with van der Waals surface area (Å²) in [6.45, 7) is 0. The number of ether oxygens (including phenoxy) is 1. The number of nitrogens with two attached hydrogens (primary N) is 1. The van der Waals surface area contributed by atoms with Crippen LogP contribution in [0.25, 0.3) is 16.9 Å². The van der Waals surface area contributed by atoms with Crippen molar-refractivity contribution in [3.8, 4) is 22.7 Å². The van der Waals surface area contributed by atoms with Crippen molar-refractivity contribution in [1.29, 1.82) is 0 Å². The van der Waals surface area contributed by atoms with Gasteiger partial charge in [-0.15, -0.1) is 0 Å². The van der Waals surface area contributed by atoms with E-state index in [0.717, 1.165) is 27.2 Å². The van der Waals surface area contributed by atoms with Gasteiger partial charge in [-0.1, -0.05) is 34.1 Å². The Morgan fingerprint density at radius 1 is 1.10 bits per heavy atom. The van der Waals surface area contributed by atoms with Crippen molar-refractivity contribution in [2.24, 2.45) is 0 Å². The molecular formula is C16H14BrN3O. The zero-order valence-corrected chi connectivity index (χ0v) is 13.0. The van der Waals surface area contributed by atoms with Gasteiger partial charge in [0.05, 0.1) is 18.5 Å². The Morgan fingerprint density at radius 2 is 1.90 bits per heavy atom. The van der Waals surface area contributed by atoms with Gasteiger partial charge in [-0.3, -0.25) is 0 Å². The van der Waals surface area contributed by atoms with E-state index in [2.05, 4.69) is 21.0 Å². The molecule has 0 atom stereocenters. The van der Waals surface area contributed by atoms with E-state index in [1.807, 2.05) is 54.6 Å². The second-order valence-electron chi connectivity index (χ2n) is 4.55. The highest BCUT2D eigenvalue weighted by Gasteiger charge is 2.12. The molecule has 1 heterocycles. The minimum absolute atomic E-state index is 0.578. The van der Waals surface area contributed by atoms with Gasteiger partial charge < -0.3 is 10.5 Å². The number of nitrogens with zero attached hydrogens (tertiary/aromatic N) is 2. The highest BCUT2D eigenvalue weighted by atomic mass is 79.9. The molecule has 3 aromatic rings. The number of nitrogen functional groups attached to an aromatic ring is 1. The van der Waals surface area contributed by atoms with Crippen LogP contribution in [0.2, 0.25) is 0 Å². The minimum atomic E-state index is 0.578. The Morgan fingerprint density at radius 3 is 2.67 bits per heavy atom. The Labute approximate surface area is 131 Å². The fourth-order valence-electron chi connectivity index (χ4n) is 2.20. The van der Waals surface area contributed by atoms with Crippen molar-refractivity contribution >= 4 is 21.7 Å². The van der Waals surface area contributed by atoms with Gasteiger partial charge in [0, 0.05) is 16.1 Å². The first-order valence-electron chi connectivity index (χ1n) is 6.44. The van der Waals surface area contributed by atoms with Crippen molar-refractivity contribution in [3.05, 3.63) is 59.1 Å². The molecule has 5 heteroatoms. The SMILES string of the molecule is COc1ccccc1-c1cc(N)n(-c2cccc(Br)c2)n1. The first kappa shape index (κ1) is 13.7. The molecule has 0 unspecified atom stereocenters. The lowest BCUT2D eigenvalue weighted by molar-refractivity contribution is 0.416. The highest BCUT2D eigenvalue weighted by Crippen LogP contribution is 2.30. The normalized spacial score (nSPS) is 10.6. The van der Waals surface area contributed by atoms with Gasteiger partial charge in [0.25, 0.3) is 0 Å². The molecule has 106 valence electrons. The van der Waals surface area contributed by atoms with Gasteiger partial charge in [-0.05, 0) is 30.3 Å². The molecular weight excluding hydrogens is 330 g/mol. The van der Waals surface area contributed by atoms with Crippen molar-refractivity contribution in [1.82, 2.24) is 9.78 Å². The number of benzene rings is 2. The molecule has 0 saturated carbocycles. The first-order chi connectivity index (χ1) is 10.2. The first-order valence-corrected chi connectivity index (χ1v) is 7.23. The maximum absolute atomic E-state index is 6.10. The molecule has 21 heavy (non-hydrogen) atoms. The Hall–Kier alpha value is -2.27. The standard InChI is InChI=1S/C16H14BrN3O/c1-21-15-8-3-2-7-13(15)14-10-16(18)20(19-14)12-6-4-5-11(17)9-12/h2-10H,18H2,1H3. The van der Waals surface area contributed by atoms with Gasteiger partial charge >= 0.3 is 0 Å². The molecule has 0 aliphatic heterocycles. The summed E-state index contributed by atoms with van der Waals surface area (Å²) in [5.41, 5.74) is 8.70. The van der Waals surface area contributed by atoms with Gasteiger partial charge in [0.1, 0.15) is 11.6 Å². The third kappa shape index (κ3) is 2.64. The minimum Gasteiger partial charge on any atom is -0.496 e. The highest BCUT2D eigenvalue weighted by molar-refractivity contribution is 9.10. The second kappa shape index (κ2) is 5.61. The maximum atomic E-state index is 6.10. The van der Waals surface area contributed by atoms with E-state index in [-0.39, 0.29) is 0 Å². The lowest BCUT2D eigenvalue weighted by Gasteiger charge is -2.06. The average molecular weight is 344 g/mol. The Kier molecular flexibility index (Phi) is 3.66. The molecule has 0 radical (unpaired) electrons. The summed E-state index contributed by atoms with van der Waals surface area (Å²) in [6.07, 6.45) is 0. The number of hydrogen-bond donors (Lipinski definition) is 1. The van der Waals surface area contributed by atoms with Crippen LogP contribution >= 0.6 is 15.9 Å². The smallest absolute Gasteiger partial charge is 0.128 e. The molecule has 0 bridgehead atoms. The third-order valence-corrected chi connectivity index (χ3v) is 3.67. The van der Waals surface area contributed by atoms with Crippen LogP contribution in [0, 0.1) is 0 Å². The van der Waals surface area contributed by atoms with Crippen molar-refractivity contribution in [3.63, 3.8) is 0 Å².